The summed E-state index contributed by atoms with van der Waals surface area (Å²) in [5.41, 5.74) is 0.984. The zero-order valence-electron chi connectivity index (χ0n) is 19.7. The van der Waals surface area contributed by atoms with Gasteiger partial charge in [-0.1, -0.05) is 32.0 Å². The third-order valence-electron chi connectivity index (χ3n) is 6.00. The summed E-state index contributed by atoms with van der Waals surface area (Å²) in [5, 5.41) is 0.403. The average Bonchev–Trinajstić information content (AvgIpc) is 3.17. The fraction of sp³-hybridized carbons (Fsp3) is 0.259. The summed E-state index contributed by atoms with van der Waals surface area (Å²) in [6, 6.07) is 13.2. The molecule has 1 atom stereocenters. The molecule has 2 aromatic carbocycles. The van der Waals surface area contributed by atoms with Gasteiger partial charge in [-0.2, -0.15) is 0 Å². The van der Waals surface area contributed by atoms with Crippen LogP contribution in [0.4, 0.5) is 5.95 Å². The topological polar surface area (TPSA) is 94.8 Å². The summed E-state index contributed by atoms with van der Waals surface area (Å²) >= 11 is 0. The first-order chi connectivity index (χ1) is 17.0. The summed E-state index contributed by atoms with van der Waals surface area (Å²) in [7, 11) is 1.56. The first kappa shape index (κ1) is 22.6. The van der Waals surface area contributed by atoms with Crippen molar-refractivity contribution in [3.05, 3.63) is 88.0 Å². The second kappa shape index (κ2) is 9.21. The summed E-state index contributed by atoms with van der Waals surface area (Å²) in [6.45, 7) is 4.82. The number of aromatic nitrogens is 2. The van der Waals surface area contributed by atoms with Crippen molar-refractivity contribution >= 4 is 22.8 Å². The van der Waals surface area contributed by atoms with Crippen LogP contribution < -0.4 is 19.8 Å². The zero-order valence-corrected chi connectivity index (χ0v) is 19.7. The lowest BCUT2D eigenvalue weighted by atomic mass is 9.98. The van der Waals surface area contributed by atoms with E-state index in [0.29, 0.717) is 40.6 Å². The molecule has 0 aliphatic carbocycles. The summed E-state index contributed by atoms with van der Waals surface area (Å²) in [5.74, 6) is 1.29. The molecule has 3 heterocycles. The van der Waals surface area contributed by atoms with Gasteiger partial charge in [0.25, 0.3) is 5.91 Å². The molecule has 0 bridgehead atoms. The smallest absolute Gasteiger partial charge is 0.297 e. The molecule has 8 heteroatoms. The van der Waals surface area contributed by atoms with Crippen LogP contribution in [0.5, 0.6) is 11.5 Å². The number of hydrogen-bond donors (Lipinski definition) is 0. The maximum atomic E-state index is 13.6. The van der Waals surface area contributed by atoms with E-state index in [-0.39, 0.29) is 22.7 Å². The molecule has 1 aliphatic rings. The normalized spacial score (nSPS) is 15.0. The van der Waals surface area contributed by atoms with E-state index < -0.39 is 11.9 Å². The number of nitrogens with zero attached hydrogens (tertiary/aromatic N) is 3. The molecule has 35 heavy (non-hydrogen) atoms. The maximum absolute atomic E-state index is 13.6. The molecule has 0 fully saturated rings. The third-order valence-corrected chi connectivity index (χ3v) is 6.00. The van der Waals surface area contributed by atoms with Gasteiger partial charge in [0, 0.05) is 12.4 Å². The Balaban J connectivity index is 1.67. The van der Waals surface area contributed by atoms with Gasteiger partial charge in [0.05, 0.1) is 30.7 Å². The lowest BCUT2D eigenvalue weighted by Crippen LogP contribution is -2.31. The van der Waals surface area contributed by atoms with E-state index in [0.717, 1.165) is 6.42 Å². The van der Waals surface area contributed by atoms with Crippen molar-refractivity contribution in [2.75, 3.05) is 18.6 Å². The second-order valence-corrected chi connectivity index (χ2v) is 8.74. The van der Waals surface area contributed by atoms with Crippen LogP contribution in [0, 0.1) is 5.92 Å². The molecule has 4 aromatic rings. The number of methoxy groups -OCH3 is 1. The lowest BCUT2D eigenvalue weighted by Gasteiger charge is -2.24. The van der Waals surface area contributed by atoms with Crippen LogP contribution in [0.3, 0.4) is 0 Å². The highest BCUT2D eigenvalue weighted by atomic mass is 16.5. The molecule has 8 nitrogen and oxygen atoms in total. The summed E-state index contributed by atoms with van der Waals surface area (Å²) in [4.78, 5) is 37.1. The quantitative estimate of drug-likeness (QED) is 0.383. The highest BCUT2D eigenvalue weighted by Gasteiger charge is 2.45. The third kappa shape index (κ3) is 4.01. The van der Waals surface area contributed by atoms with Crippen LogP contribution in [0.25, 0.3) is 11.0 Å². The van der Waals surface area contributed by atoms with E-state index in [9.17, 15) is 9.59 Å². The van der Waals surface area contributed by atoms with E-state index in [4.69, 9.17) is 13.9 Å². The number of carbonyl (C=O) groups excluding carboxylic acids is 1. The zero-order chi connectivity index (χ0) is 24.5. The predicted octanol–water partition coefficient (Wildman–Crippen LogP) is 4.77. The fourth-order valence-corrected chi connectivity index (χ4v) is 4.24. The monoisotopic (exact) mass is 471 g/mol. The molecule has 5 rings (SSSR count). The molecule has 0 saturated heterocycles. The molecule has 1 unspecified atom stereocenters. The minimum atomic E-state index is -0.792. The van der Waals surface area contributed by atoms with Crippen molar-refractivity contribution < 1.29 is 18.7 Å². The Hall–Kier alpha value is -4.20. The van der Waals surface area contributed by atoms with Crippen LogP contribution in [0.2, 0.25) is 0 Å². The molecule has 0 spiro atoms. The van der Waals surface area contributed by atoms with Gasteiger partial charge in [0.15, 0.2) is 16.9 Å². The molecule has 0 radical (unpaired) electrons. The van der Waals surface area contributed by atoms with Crippen molar-refractivity contribution in [2.24, 2.45) is 5.92 Å². The Labute approximate surface area is 202 Å². The minimum absolute atomic E-state index is 0.0117. The number of para-hydroxylation sites is 1. The van der Waals surface area contributed by atoms with E-state index in [1.165, 1.54) is 4.90 Å². The van der Waals surface area contributed by atoms with Crippen molar-refractivity contribution in [1.82, 2.24) is 9.97 Å². The molecule has 178 valence electrons. The van der Waals surface area contributed by atoms with Crippen LogP contribution in [-0.2, 0) is 0 Å². The number of carbonyl (C=O) groups is 1. The minimum Gasteiger partial charge on any atom is -0.493 e. The molecule has 0 saturated carbocycles. The highest BCUT2D eigenvalue weighted by Crippen LogP contribution is 2.42. The molecule has 2 aromatic heterocycles. The van der Waals surface area contributed by atoms with Crippen LogP contribution in [0.1, 0.15) is 48.0 Å². The molecule has 1 aliphatic heterocycles. The van der Waals surface area contributed by atoms with E-state index in [1.54, 1.807) is 62.0 Å². The number of ether oxygens (including phenoxy) is 2. The number of rotatable bonds is 7. The SMILES string of the molecule is COc1cc(C2c3c(oc4ccccc4c3=O)C(=O)N2c2ncccn2)ccc1OCCC(C)C. The number of amides is 1. The summed E-state index contributed by atoms with van der Waals surface area (Å²) in [6.07, 6.45) is 4.00. The molecular weight excluding hydrogens is 446 g/mol. The van der Waals surface area contributed by atoms with E-state index in [1.807, 2.05) is 6.07 Å². The second-order valence-electron chi connectivity index (χ2n) is 8.74. The van der Waals surface area contributed by atoms with Crippen LogP contribution >= 0.6 is 0 Å². The van der Waals surface area contributed by atoms with Gasteiger partial charge in [-0.15, -0.1) is 0 Å². The Morgan fingerprint density at radius 1 is 1.03 bits per heavy atom. The van der Waals surface area contributed by atoms with Crippen molar-refractivity contribution in [2.45, 2.75) is 26.3 Å². The van der Waals surface area contributed by atoms with Gasteiger partial charge in [0.1, 0.15) is 5.58 Å². The standard InChI is InChI=1S/C27H25N3O5/c1-16(2)11-14-34-20-10-9-17(15-21(20)33-3)23-22-24(31)18-7-4-5-8-19(18)35-25(22)26(32)30(23)27-28-12-6-13-29-27/h4-10,12-13,15-16,23H,11,14H2,1-3H3. The number of hydrogen-bond acceptors (Lipinski definition) is 7. The van der Waals surface area contributed by atoms with E-state index >= 15 is 0 Å². The van der Waals surface area contributed by atoms with Gasteiger partial charge in [0.2, 0.25) is 11.7 Å². The molecule has 1 amide bonds. The van der Waals surface area contributed by atoms with Gasteiger partial charge < -0.3 is 13.9 Å². The first-order valence-corrected chi connectivity index (χ1v) is 11.5. The number of fused-ring (bicyclic) bond motifs is 2. The van der Waals surface area contributed by atoms with Crippen molar-refractivity contribution in [3.63, 3.8) is 0 Å². The lowest BCUT2D eigenvalue weighted by molar-refractivity contribution is 0.0969. The van der Waals surface area contributed by atoms with Crippen molar-refractivity contribution in [1.29, 1.82) is 0 Å². The molecule has 0 N–H and O–H groups in total. The van der Waals surface area contributed by atoms with Gasteiger partial charge in [-0.05, 0) is 48.2 Å². The largest absolute Gasteiger partial charge is 0.493 e. The number of anilines is 1. The first-order valence-electron chi connectivity index (χ1n) is 11.5. The summed E-state index contributed by atoms with van der Waals surface area (Å²) < 4.78 is 17.5. The van der Waals surface area contributed by atoms with Crippen LogP contribution in [0.15, 0.2) is 70.1 Å². The van der Waals surface area contributed by atoms with Gasteiger partial charge in [-0.3, -0.25) is 14.5 Å². The fourth-order valence-electron chi connectivity index (χ4n) is 4.24. The Bertz CT molecular complexity index is 1450. The Morgan fingerprint density at radius 3 is 2.54 bits per heavy atom. The predicted molar refractivity (Wildman–Crippen MR) is 131 cm³/mol. The maximum Gasteiger partial charge on any atom is 0.297 e. The van der Waals surface area contributed by atoms with E-state index in [2.05, 4.69) is 23.8 Å². The van der Waals surface area contributed by atoms with Gasteiger partial charge >= 0.3 is 0 Å². The molecular formula is C27H25N3O5. The Morgan fingerprint density at radius 2 is 1.80 bits per heavy atom. The average molecular weight is 472 g/mol. The van der Waals surface area contributed by atoms with Crippen LogP contribution in [-0.4, -0.2) is 29.6 Å². The Kier molecular flexibility index (Phi) is 5.94. The van der Waals surface area contributed by atoms with Crippen molar-refractivity contribution in [3.8, 4) is 11.5 Å². The van der Waals surface area contributed by atoms with Gasteiger partial charge in [-0.25, -0.2) is 9.97 Å². The number of benzene rings is 2. The highest BCUT2D eigenvalue weighted by molar-refractivity contribution is 6.09.